The first-order valence-electron chi connectivity index (χ1n) is 4.93. The van der Waals surface area contributed by atoms with Gasteiger partial charge < -0.3 is 11.1 Å². The molecule has 3 amide bonds. The Kier molecular flexibility index (Phi) is 3.46. The van der Waals surface area contributed by atoms with Gasteiger partial charge in [0.2, 0.25) is 0 Å². The zero-order valence-electron chi connectivity index (χ0n) is 8.62. The van der Waals surface area contributed by atoms with Crippen LogP contribution in [-0.2, 0) is 4.79 Å². The Labute approximate surface area is 83.6 Å². The van der Waals surface area contributed by atoms with Gasteiger partial charge in [-0.05, 0) is 13.3 Å². The Morgan fingerprint density at radius 3 is 2.71 bits per heavy atom. The van der Waals surface area contributed by atoms with E-state index >= 15 is 0 Å². The molecule has 0 aromatic rings. The summed E-state index contributed by atoms with van der Waals surface area (Å²) in [5, 5.41) is 2.64. The lowest BCUT2D eigenvalue weighted by Gasteiger charge is -2.14. The lowest BCUT2D eigenvalue weighted by atomic mass is 10.1. The number of urea groups is 1. The predicted molar refractivity (Wildman–Crippen MR) is 52.6 cm³/mol. The van der Waals surface area contributed by atoms with Gasteiger partial charge in [0.05, 0.1) is 0 Å². The van der Waals surface area contributed by atoms with E-state index in [9.17, 15) is 9.59 Å². The fourth-order valence-electron chi connectivity index (χ4n) is 1.52. The third-order valence-electron chi connectivity index (χ3n) is 2.15. The average Bonchev–Trinajstić information content (AvgIpc) is 2.33. The first kappa shape index (κ1) is 11.0. The summed E-state index contributed by atoms with van der Waals surface area (Å²) >= 11 is 0. The molecule has 0 spiro atoms. The maximum Gasteiger partial charge on any atom is 0.324 e. The van der Waals surface area contributed by atoms with E-state index in [0.29, 0.717) is 13.0 Å². The number of carbonyl (C=O) groups excluding carboxylic acids is 2. The number of nitrogens with one attached hydrogen (secondary N) is 1. The van der Waals surface area contributed by atoms with E-state index in [2.05, 4.69) is 5.32 Å². The van der Waals surface area contributed by atoms with E-state index in [4.69, 9.17) is 5.73 Å². The van der Waals surface area contributed by atoms with E-state index in [0.717, 1.165) is 6.42 Å². The standard InChI is InChI=1S/C9H17N3O2/c1-3-4-7-8(13)12(5-6(2)10)9(14)11-7/h6-7H,3-5,10H2,1-2H3,(H,11,14). The molecule has 0 bridgehead atoms. The minimum absolute atomic E-state index is 0.144. The van der Waals surface area contributed by atoms with Gasteiger partial charge in [-0.2, -0.15) is 0 Å². The number of nitrogens with zero attached hydrogens (tertiary/aromatic N) is 1. The van der Waals surface area contributed by atoms with Gasteiger partial charge in [0.15, 0.2) is 0 Å². The highest BCUT2D eigenvalue weighted by atomic mass is 16.2. The van der Waals surface area contributed by atoms with Crippen molar-refractivity contribution < 1.29 is 9.59 Å². The monoisotopic (exact) mass is 199 g/mol. The SMILES string of the molecule is CCCC1NC(=O)N(CC(C)N)C1=O. The van der Waals surface area contributed by atoms with E-state index in [1.54, 1.807) is 6.92 Å². The van der Waals surface area contributed by atoms with Crippen LogP contribution in [0.4, 0.5) is 4.79 Å². The summed E-state index contributed by atoms with van der Waals surface area (Å²) in [7, 11) is 0. The molecule has 2 atom stereocenters. The van der Waals surface area contributed by atoms with E-state index in [1.165, 1.54) is 4.90 Å². The lowest BCUT2D eigenvalue weighted by molar-refractivity contribution is -0.127. The van der Waals surface area contributed by atoms with Crippen LogP contribution < -0.4 is 11.1 Å². The quantitative estimate of drug-likeness (QED) is 0.628. The maximum atomic E-state index is 11.6. The molecule has 1 aliphatic rings. The summed E-state index contributed by atoms with van der Waals surface area (Å²) in [6, 6.07) is -0.831. The van der Waals surface area contributed by atoms with Gasteiger partial charge in [-0.3, -0.25) is 9.69 Å². The molecule has 80 valence electrons. The van der Waals surface area contributed by atoms with Crippen LogP contribution in [0.2, 0.25) is 0 Å². The van der Waals surface area contributed by atoms with Crippen LogP contribution in [0, 0.1) is 0 Å². The molecule has 1 fully saturated rings. The molecule has 5 heteroatoms. The minimum Gasteiger partial charge on any atom is -0.326 e. The number of rotatable bonds is 4. The van der Waals surface area contributed by atoms with Crippen LogP contribution >= 0.6 is 0 Å². The first-order chi connectivity index (χ1) is 6.56. The van der Waals surface area contributed by atoms with E-state index in [-0.39, 0.29) is 24.0 Å². The van der Waals surface area contributed by atoms with Crippen molar-refractivity contribution in [2.45, 2.75) is 38.8 Å². The fourth-order valence-corrected chi connectivity index (χ4v) is 1.52. The van der Waals surface area contributed by atoms with Crippen molar-refractivity contribution >= 4 is 11.9 Å². The molecule has 1 rings (SSSR count). The molecule has 0 saturated carbocycles. The van der Waals surface area contributed by atoms with Crippen LogP contribution in [0.25, 0.3) is 0 Å². The van der Waals surface area contributed by atoms with E-state index < -0.39 is 0 Å². The van der Waals surface area contributed by atoms with Crippen LogP contribution in [0.3, 0.4) is 0 Å². The summed E-state index contributed by atoms with van der Waals surface area (Å²) < 4.78 is 0. The Morgan fingerprint density at radius 2 is 2.21 bits per heavy atom. The van der Waals surface area contributed by atoms with Gasteiger partial charge in [0.1, 0.15) is 6.04 Å². The predicted octanol–water partition coefficient (Wildman–Crippen LogP) is 0.0541. The van der Waals surface area contributed by atoms with Gasteiger partial charge in [-0.15, -0.1) is 0 Å². The normalized spacial score (nSPS) is 23.9. The van der Waals surface area contributed by atoms with Crippen LogP contribution in [0.15, 0.2) is 0 Å². The summed E-state index contributed by atoms with van der Waals surface area (Å²) in [6.45, 7) is 4.05. The fraction of sp³-hybridized carbons (Fsp3) is 0.778. The van der Waals surface area contributed by atoms with Crippen LogP contribution in [0.5, 0.6) is 0 Å². The third-order valence-corrected chi connectivity index (χ3v) is 2.15. The second-order valence-electron chi connectivity index (χ2n) is 3.72. The van der Waals surface area contributed by atoms with Gasteiger partial charge in [0, 0.05) is 12.6 Å². The topological polar surface area (TPSA) is 75.4 Å². The molecule has 0 aliphatic carbocycles. The molecule has 1 aliphatic heterocycles. The molecular formula is C9H17N3O2. The molecule has 2 unspecified atom stereocenters. The molecule has 1 heterocycles. The second kappa shape index (κ2) is 4.41. The second-order valence-corrected chi connectivity index (χ2v) is 3.72. The lowest BCUT2D eigenvalue weighted by Crippen LogP contribution is -2.40. The largest absolute Gasteiger partial charge is 0.326 e. The van der Waals surface area contributed by atoms with Gasteiger partial charge >= 0.3 is 6.03 Å². The zero-order chi connectivity index (χ0) is 10.7. The Hall–Kier alpha value is -1.10. The number of nitrogens with two attached hydrogens (primary N) is 1. The summed E-state index contributed by atoms with van der Waals surface area (Å²) in [5.41, 5.74) is 5.54. The smallest absolute Gasteiger partial charge is 0.324 e. The molecule has 5 nitrogen and oxygen atoms in total. The Balaban J connectivity index is 2.61. The van der Waals surface area contributed by atoms with Crippen molar-refractivity contribution in [3.05, 3.63) is 0 Å². The van der Waals surface area contributed by atoms with Gasteiger partial charge in [0.25, 0.3) is 5.91 Å². The van der Waals surface area contributed by atoms with Crippen molar-refractivity contribution in [3.8, 4) is 0 Å². The van der Waals surface area contributed by atoms with E-state index in [1.807, 2.05) is 6.92 Å². The number of amides is 3. The summed E-state index contributed by atoms with van der Waals surface area (Å²) in [4.78, 5) is 24.2. The molecule has 14 heavy (non-hydrogen) atoms. The molecule has 0 aromatic heterocycles. The molecule has 1 saturated heterocycles. The number of hydrogen-bond donors (Lipinski definition) is 2. The van der Waals surface area contributed by atoms with Crippen molar-refractivity contribution in [2.24, 2.45) is 5.73 Å². The highest BCUT2D eigenvalue weighted by molar-refractivity contribution is 6.04. The van der Waals surface area contributed by atoms with Gasteiger partial charge in [-0.25, -0.2) is 4.79 Å². The number of carbonyl (C=O) groups is 2. The third kappa shape index (κ3) is 2.23. The van der Waals surface area contributed by atoms with Crippen molar-refractivity contribution in [1.29, 1.82) is 0 Å². The molecule has 3 N–H and O–H groups in total. The highest BCUT2D eigenvalue weighted by Gasteiger charge is 2.37. The first-order valence-corrected chi connectivity index (χ1v) is 4.93. The maximum absolute atomic E-state index is 11.6. The highest BCUT2D eigenvalue weighted by Crippen LogP contribution is 2.10. The average molecular weight is 199 g/mol. The Morgan fingerprint density at radius 1 is 1.57 bits per heavy atom. The molecule has 0 aromatic carbocycles. The number of imide groups is 1. The summed E-state index contributed by atoms with van der Waals surface area (Å²) in [5.74, 6) is -0.144. The molecular weight excluding hydrogens is 182 g/mol. The van der Waals surface area contributed by atoms with Crippen LogP contribution in [0.1, 0.15) is 26.7 Å². The van der Waals surface area contributed by atoms with Crippen molar-refractivity contribution in [1.82, 2.24) is 10.2 Å². The minimum atomic E-state index is -0.341. The van der Waals surface area contributed by atoms with Crippen molar-refractivity contribution in [2.75, 3.05) is 6.54 Å². The zero-order valence-corrected chi connectivity index (χ0v) is 8.62. The Bertz CT molecular complexity index is 240. The molecule has 0 radical (unpaired) electrons. The number of hydrogen-bond acceptors (Lipinski definition) is 3. The summed E-state index contributed by atoms with van der Waals surface area (Å²) in [6.07, 6.45) is 1.57. The van der Waals surface area contributed by atoms with Crippen LogP contribution in [-0.4, -0.2) is 35.5 Å². The van der Waals surface area contributed by atoms with Gasteiger partial charge in [-0.1, -0.05) is 13.3 Å². The van der Waals surface area contributed by atoms with Crippen molar-refractivity contribution in [3.63, 3.8) is 0 Å².